The Morgan fingerprint density at radius 2 is 1.80 bits per heavy atom. The summed E-state index contributed by atoms with van der Waals surface area (Å²) >= 11 is 0. The van der Waals surface area contributed by atoms with Gasteiger partial charge in [-0.1, -0.05) is 18.8 Å². The Bertz CT molecular complexity index is 70.0. The van der Waals surface area contributed by atoms with Crippen LogP contribution in [0.1, 0.15) is 6.92 Å². The molecule has 0 radical (unpaired) electrons. The van der Waals surface area contributed by atoms with E-state index in [0.29, 0.717) is 0 Å². The van der Waals surface area contributed by atoms with Gasteiger partial charge in [0.25, 0.3) is 0 Å². The Hall–Kier alpha value is 0.932. The molecule has 0 aromatic rings. The Balaban J connectivity index is 0. The molecule has 0 aromatic heterocycles. The molecule has 3 N–H and O–H groups in total. The predicted molar refractivity (Wildman–Crippen MR) is 33.4 cm³/mol. The minimum Gasteiger partial charge on any atom is -0.428 e. The van der Waals surface area contributed by atoms with E-state index in [-0.39, 0.29) is 37.7 Å². The molecule has 4 heteroatoms. The zero-order valence-corrected chi connectivity index (χ0v) is 10.0. The average molecular weight is 370 g/mol. The molecule has 0 aromatic carbocycles. The molecule has 0 saturated carbocycles. The number of rotatable bonds is 4. The van der Waals surface area contributed by atoms with Crippen LogP contribution in [0.3, 0.4) is 0 Å². The average Bonchev–Trinajstić information content (AvgIpc) is 1.87. The molecule has 0 bridgehead atoms. The van der Waals surface area contributed by atoms with E-state index in [1.54, 1.807) is 6.92 Å². The third-order valence-corrected chi connectivity index (χ3v) is 1.04. The van der Waals surface area contributed by atoms with E-state index in [1.165, 1.54) is 12.8 Å². The van der Waals surface area contributed by atoms with Crippen LogP contribution in [0.15, 0.2) is 0 Å². The predicted octanol–water partition coefficient (Wildman–Crippen LogP) is -0.871. The van der Waals surface area contributed by atoms with Crippen LogP contribution in [0.2, 0.25) is 0 Å². The molecule has 0 aliphatic carbocycles. The molecular formula is C6H12O3U. The number of aliphatic hydroxyl groups is 3. The molecule has 58 valence electrons. The number of hydrogen-bond donors (Lipinski definition) is 3. The van der Waals surface area contributed by atoms with Crippen LogP contribution in [0.5, 0.6) is 0 Å². The van der Waals surface area contributed by atoms with Crippen LogP contribution in [-0.2, 0) is 0 Å². The summed E-state index contributed by atoms with van der Waals surface area (Å²) < 4.78 is 0. The first-order valence-corrected chi connectivity index (χ1v) is 2.82. The van der Waals surface area contributed by atoms with Gasteiger partial charge in [0.05, 0.1) is 0 Å². The normalized spacial score (nSPS) is 15.6. The summed E-state index contributed by atoms with van der Waals surface area (Å²) in [5, 5.41) is 25.9. The molecule has 2 unspecified atom stereocenters. The standard InChI is InChI=1S/C6H12O3.U/c1-2-5(8)6(9)3-4-7;/h2-3,5-9H,4H2,1H3;/q-2;+2. The summed E-state index contributed by atoms with van der Waals surface area (Å²) in [6, 6.07) is 0. The second-order valence-electron chi connectivity index (χ2n) is 1.73. The smallest absolute Gasteiger partial charge is 0.428 e. The van der Waals surface area contributed by atoms with Crippen LogP contribution in [-0.4, -0.2) is 34.1 Å². The fraction of sp³-hybridized carbons (Fsp3) is 0.667. The maximum atomic E-state index is 8.82. The van der Waals surface area contributed by atoms with Gasteiger partial charge in [-0.15, -0.1) is 0 Å². The molecule has 0 amide bonds. The summed E-state index contributed by atoms with van der Waals surface area (Å²) in [6.45, 7) is 1.42. The monoisotopic (exact) mass is 370 g/mol. The molecular weight excluding hydrogens is 358 g/mol. The van der Waals surface area contributed by atoms with Crippen LogP contribution < -0.4 is 0 Å². The van der Waals surface area contributed by atoms with Crippen LogP contribution in [0, 0.1) is 44.0 Å². The third kappa shape index (κ3) is 5.70. The number of hydrogen-bond acceptors (Lipinski definition) is 3. The molecule has 0 rings (SSSR count). The Morgan fingerprint density at radius 3 is 2.10 bits per heavy atom. The van der Waals surface area contributed by atoms with Gasteiger partial charge in [-0.25, -0.2) is 0 Å². The van der Waals surface area contributed by atoms with E-state index in [9.17, 15) is 0 Å². The van der Waals surface area contributed by atoms with Gasteiger partial charge in [0.2, 0.25) is 0 Å². The molecule has 0 fully saturated rings. The SMILES string of the molecule is C[CH-]C(O)C(O)[CH-]CO.[U+2]. The summed E-state index contributed by atoms with van der Waals surface area (Å²) in [7, 11) is 0. The second-order valence-corrected chi connectivity index (χ2v) is 1.73. The van der Waals surface area contributed by atoms with Crippen LogP contribution >= 0.6 is 0 Å². The summed E-state index contributed by atoms with van der Waals surface area (Å²) in [5.41, 5.74) is 0. The Labute approximate surface area is 84.8 Å². The first kappa shape index (κ1) is 13.5. The molecule has 0 spiro atoms. The van der Waals surface area contributed by atoms with Crippen LogP contribution in [0.4, 0.5) is 0 Å². The minimum absolute atomic E-state index is 0. The molecule has 0 heterocycles. The van der Waals surface area contributed by atoms with Gasteiger partial charge in [0.1, 0.15) is 0 Å². The topological polar surface area (TPSA) is 60.7 Å². The zero-order valence-electron chi connectivity index (χ0n) is 5.86. The minimum atomic E-state index is -0.944. The Kier molecular flexibility index (Phi) is 10.9. The van der Waals surface area contributed by atoms with Crippen molar-refractivity contribution in [3.63, 3.8) is 0 Å². The van der Waals surface area contributed by atoms with Gasteiger partial charge in [-0.2, -0.15) is 6.92 Å². The van der Waals surface area contributed by atoms with E-state index < -0.39 is 12.2 Å². The van der Waals surface area contributed by atoms with Crippen molar-refractivity contribution in [1.29, 1.82) is 0 Å². The van der Waals surface area contributed by atoms with Crippen molar-refractivity contribution in [2.75, 3.05) is 6.61 Å². The van der Waals surface area contributed by atoms with Crippen molar-refractivity contribution in [3.8, 4) is 0 Å². The van der Waals surface area contributed by atoms with E-state index in [2.05, 4.69) is 0 Å². The van der Waals surface area contributed by atoms with Gasteiger partial charge >= 0.3 is 31.1 Å². The van der Waals surface area contributed by atoms with E-state index >= 15 is 0 Å². The third-order valence-electron chi connectivity index (χ3n) is 1.04. The van der Waals surface area contributed by atoms with Gasteiger partial charge in [0.15, 0.2) is 0 Å². The van der Waals surface area contributed by atoms with E-state index in [1.807, 2.05) is 0 Å². The zero-order chi connectivity index (χ0) is 7.28. The summed E-state index contributed by atoms with van der Waals surface area (Å²) in [5.74, 6) is 0. The van der Waals surface area contributed by atoms with Crippen molar-refractivity contribution >= 4 is 0 Å². The second kappa shape index (κ2) is 8.03. The van der Waals surface area contributed by atoms with Gasteiger partial charge in [0, 0.05) is 0 Å². The van der Waals surface area contributed by atoms with Crippen molar-refractivity contribution in [3.05, 3.63) is 12.8 Å². The van der Waals surface area contributed by atoms with Gasteiger partial charge in [-0.05, 0) is 0 Å². The molecule has 0 aliphatic rings. The fourth-order valence-electron chi connectivity index (χ4n) is 0.445. The fourth-order valence-corrected chi connectivity index (χ4v) is 0.445. The van der Waals surface area contributed by atoms with Gasteiger partial charge in [-0.3, -0.25) is 6.42 Å². The quantitative estimate of drug-likeness (QED) is 0.564. The summed E-state index contributed by atoms with van der Waals surface area (Å²) in [4.78, 5) is 0. The molecule has 0 aliphatic heterocycles. The first-order chi connectivity index (χ1) is 4.22. The Morgan fingerprint density at radius 1 is 1.30 bits per heavy atom. The van der Waals surface area contributed by atoms with Crippen LogP contribution in [0.25, 0.3) is 0 Å². The van der Waals surface area contributed by atoms with Crippen molar-refractivity contribution in [2.24, 2.45) is 0 Å². The molecule has 3 nitrogen and oxygen atoms in total. The van der Waals surface area contributed by atoms with Gasteiger partial charge < -0.3 is 21.7 Å². The first-order valence-electron chi connectivity index (χ1n) is 2.82. The van der Waals surface area contributed by atoms with Crippen molar-refractivity contribution in [2.45, 2.75) is 19.1 Å². The molecule has 10 heavy (non-hydrogen) atoms. The van der Waals surface area contributed by atoms with Crippen molar-refractivity contribution in [1.82, 2.24) is 0 Å². The van der Waals surface area contributed by atoms with E-state index in [0.717, 1.165) is 0 Å². The maximum absolute atomic E-state index is 8.82. The molecule has 0 saturated heterocycles. The number of aliphatic hydroxyl groups excluding tert-OH is 3. The molecule has 2 atom stereocenters. The summed E-state index contributed by atoms with van der Waals surface area (Å²) in [6.07, 6.45) is 0.874. The van der Waals surface area contributed by atoms with Crippen molar-refractivity contribution < 1.29 is 46.4 Å². The maximum Gasteiger partial charge on any atom is 2.00 e. The largest absolute Gasteiger partial charge is 2.00 e. The van der Waals surface area contributed by atoms with E-state index in [4.69, 9.17) is 15.3 Å².